The number of nitrogens with one attached hydrogen (secondary N) is 2. The molecule has 3 rings (SSSR count). The van der Waals surface area contributed by atoms with Gasteiger partial charge >= 0.3 is 6.18 Å². The van der Waals surface area contributed by atoms with Crippen LogP contribution in [0.2, 0.25) is 0 Å². The number of rotatable bonds is 5. The monoisotopic (exact) mass is 355 g/mol. The molecule has 0 bridgehead atoms. The van der Waals surface area contributed by atoms with Crippen molar-refractivity contribution in [3.05, 3.63) is 35.5 Å². The summed E-state index contributed by atoms with van der Waals surface area (Å²) in [7, 11) is 0. The summed E-state index contributed by atoms with van der Waals surface area (Å²) >= 11 is 0. The highest BCUT2D eigenvalue weighted by Gasteiger charge is 2.34. The Morgan fingerprint density at radius 2 is 2.20 bits per heavy atom. The minimum atomic E-state index is -4.50. The predicted molar refractivity (Wildman–Crippen MR) is 75.6 cm³/mol. The first-order valence-electron chi connectivity index (χ1n) is 7.03. The lowest BCUT2D eigenvalue weighted by atomic mass is 10.3. The number of hydrogen-bond acceptors (Lipinski definition) is 6. The zero-order chi connectivity index (χ0) is 18.0. The van der Waals surface area contributed by atoms with Gasteiger partial charge in [-0.2, -0.15) is 28.1 Å². The maximum atomic E-state index is 12.6. The third-order valence-corrected chi connectivity index (χ3v) is 3.32. The molecule has 3 heterocycles. The summed E-state index contributed by atoms with van der Waals surface area (Å²) < 4.78 is 40.3. The molecule has 2 N–H and O–H groups in total. The van der Waals surface area contributed by atoms with Gasteiger partial charge in [0, 0.05) is 12.2 Å². The number of hydrogen-bond donors (Lipinski definition) is 2. The third-order valence-electron chi connectivity index (χ3n) is 3.32. The number of carbonyl (C=O) groups is 1. The fraction of sp³-hybridized carbons (Fsp3) is 0.333. The average molecular weight is 355 g/mol. The van der Waals surface area contributed by atoms with Crippen molar-refractivity contribution in [2.45, 2.75) is 19.6 Å². The Bertz CT molecular complexity index is 865. The van der Waals surface area contributed by atoms with E-state index in [4.69, 9.17) is 0 Å². The number of aromatic amines is 1. The van der Waals surface area contributed by atoms with E-state index in [2.05, 4.69) is 36.1 Å². The Labute approximate surface area is 138 Å². The second-order valence-corrected chi connectivity index (χ2v) is 5.03. The minimum Gasteiger partial charge on any atom is -0.350 e. The van der Waals surface area contributed by atoms with Gasteiger partial charge in [0.15, 0.2) is 11.5 Å². The van der Waals surface area contributed by atoms with Crippen molar-refractivity contribution in [2.24, 2.45) is 0 Å². The molecule has 0 spiro atoms. The number of amides is 1. The molecule has 10 nitrogen and oxygen atoms in total. The number of halogens is 3. The molecule has 25 heavy (non-hydrogen) atoms. The zero-order valence-corrected chi connectivity index (χ0v) is 12.8. The standard InChI is InChI=1S/C12H12F3N9O/c1-7-4-9(12(13,14)15)20-23(7)3-2-16-11(25)8-5-17-19-10(8)24-6-18-21-22-24/h4-6H,2-3H2,1H3,(H,16,25)(H,17,19). The van der Waals surface area contributed by atoms with Crippen LogP contribution in [0.5, 0.6) is 0 Å². The Hall–Kier alpha value is -3.25. The summed E-state index contributed by atoms with van der Waals surface area (Å²) in [6.07, 6.45) is -1.92. The van der Waals surface area contributed by atoms with Crippen molar-refractivity contribution in [2.75, 3.05) is 6.54 Å². The van der Waals surface area contributed by atoms with Crippen molar-refractivity contribution in [1.29, 1.82) is 0 Å². The third kappa shape index (κ3) is 3.49. The van der Waals surface area contributed by atoms with Crippen LogP contribution < -0.4 is 5.32 Å². The van der Waals surface area contributed by atoms with E-state index in [1.165, 1.54) is 28.8 Å². The van der Waals surface area contributed by atoms with Crippen molar-refractivity contribution in [1.82, 2.24) is 45.5 Å². The summed E-state index contributed by atoms with van der Waals surface area (Å²) in [6, 6.07) is 0.952. The van der Waals surface area contributed by atoms with Crippen LogP contribution in [0.15, 0.2) is 18.6 Å². The lowest BCUT2D eigenvalue weighted by molar-refractivity contribution is -0.141. The SMILES string of the molecule is Cc1cc(C(F)(F)F)nn1CCNC(=O)c1cn[nH]c1-n1cnnn1. The molecule has 3 aromatic rings. The number of tetrazole rings is 1. The van der Waals surface area contributed by atoms with E-state index < -0.39 is 17.8 Å². The Morgan fingerprint density at radius 3 is 2.84 bits per heavy atom. The van der Waals surface area contributed by atoms with Crippen LogP contribution in [0.3, 0.4) is 0 Å². The summed E-state index contributed by atoms with van der Waals surface area (Å²) in [6.45, 7) is 1.68. The maximum absolute atomic E-state index is 12.6. The molecule has 0 aliphatic heterocycles. The van der Waals surface area contributed by atoms with E-state index in [1.807, 2.05) is 0 Å². The smallest absolute Gasteiger partial charge is 0.350 e. The summed E-state index contributed by atoms with van der Waals surface area (Å²) in [5, 5.41) is 23.0. The van der Waals surface area contributed by atoms with Crippen molar-refractivity contribution in [3.63, 3.8) is 0 Å². The molecule has 0 saturated heterocycles. The molecule has 13 heteroatoms. The van der Waals surface area contributed by atoms with Gasteiger partial charge in [-0.25, -0.2) is 0 Å². The molecule has 0 radical (unpaired) electrons. The lowest BCUT2D eigenvalue weighted by Gasteiger charge is -2.07. The number of aromatic nitrogens is 8. The number of H-pyrrole nitrogens is 1. The van der Waals surface area contributed by atoms with Crippen LogP contribution in [0.25, 0.3) is 5.82 Å². The van der Waals surface area contributed by atoms with Crippen LogP contribution >= 0.6 is 0 Å². The highest BCUT2D eigenvalue weighted by Crippen LogP contribution is 2.28. The first kappa shape index (κ1) is 16.6. The van der Waals surface area contributed by atoms with Crippen LogP contribution in [-0.2, 0) is 12.7 Å². The van der Waals surface area contributed by atoms with E-state index in [1.54, 1.807) is 0 Å². The van der Waals surface area contributed by atoms with Crippen LogP contribution in [0.4, 0.5) is 13.2 Å². The van der Waals surface area contributed by atoms with Gasteiger partial charge in [-0.1, -0.05) is 0 Å². The largest absolute Gasteiger partial charge is 0.435 e. The number of nitrogens with zero attached hydrogens (tertiary/aromatic N) is 7. The fourth-order valence-electron chi connectivity index (χ4n) is 2.13. The van der Waals surface area contributed by atoms with Gasteiger partial charge in [0.1, 0.15) is 11.9 Å². The molecule has 0 saturated carbocycles. The first-order chi connectivity index (χ1) is 11.9. The maximum Gasteiger partial charge on any atom is 0.435 e. The fourth-order valence-corrected chi connectivity index (χ4v) is 2.13. The second kappa shape index (κ2) is 6.33. The number of carbonyl (C=O) groups excluding carboxylic acids is 1. The molecule has 1 amide bonds. The lowest BCUT2D eigenvalue weighted by Crippen LogP contribution is -2.28. The molecule has 0 aliphatic carbocycles. The zero-order valence-electron chi connectivity index (χ0n) is 12.8. The number of alkyl halides is 3. The van der Waals surface area contributed by atoms with Gasteiger partial charge in [0.2, 0.25) is 0 Å². The van der Waals surface area contributed by atoms with Gasteiger partial charge in [0.25, 0.3) is 5.91 Å². The van der Waals surface area contributed by atoms with Crippen LogP contribution in [-0.4, -0.2) is 52.6 Å². The summed E-state index contributed by atoms with van der Waals surface area (Å²) in [5.74, 6) is -0.197. The number of aryl methyl sites for hydroxylation is 1. The van der Waals surface area contributed by atoms with Crippen LogP contribution in [0, 0.1) is 6.92 Å². The quantitative estimate of drug-likeness (QED) is 0.681. The minimum absolute atomic E-state index is 0.0822. The predicted octanol–water partition coefficient (Wildman–Crippen LogP) is 0.339. The summed E-state index contributed by atoms with van der Waals surface area (Å²) in [4.78, 5) is 12.2. The first-order valence-corrected chi connectivity index (χ1v) is 7.03. The highest BCUT2D eigenvalue weighted by molar-refractivity contribution is 5.96. The Morgan fingerprint density at radius 1 is 1.40 bits per heavy atom. The average Bonchev–Trinajstić information content (AvgIpc) is 3.26. The van der Waals surface area contributed by atoms with Crippen molar-refractivity contribution in [3.8, 4) is 5.82 Å². The molecule has 0 unspecified atom stereocenters. The van der Waals surface area contributed by atoms with Crippen molar-refractivity contribution < 1.29 is 18.0 Å². The molecular formula is C12H12F3N9O. The van der Waals surface area contributed by atoms with E-state index in [0.29, 0.717) is 5.69 Å². The van der Waals surface area contributed by atoms with Crippen molar-refractivity contribution >= 4 is 5.91 Å². The van der Waals surface area contributed by atoms with E-state index in [0.717, 1.165) is 6.07 Å². The van der Waals surface area contributed by atoms with E-state index in [-0.39, 0.29) is 24.5 Å². The molecule has 0 atom stereocenters. The summed E-state index contributed by atoms with van der Waals surface area (Å²) in [5.41, 5.74) is -0.424. The van der Waals surface area contributed by atoms with E-state index in [9.17, 15) is 18.0 Å². The van der Waals surface area contributed by atoms with Gasteiger partial charge < -0.3 is 5.32 Å². The highest BCUT2D eigenvalue weighted by atomic mass is 19.4. The topological polar surface area (TPSA) is 119 Å². The van der Waals surface area contributed by atoms with E-state index >= 15 is 0 Å². The second-order valence-electron chi connectivity index (χ2n) is 5.03. The van der Waals surface area contributed by atoms with Gasteiger partial charge in [-0.15, -0.1) is 5.10 Å². The Kier molecular flexibility index (Phi) is 4.21. The molecule has 0 aliphatic rings. The molecule has 3 aromatic heterocycles. The molecule has 0 aromatic carbocycles. The van der Waals surface area contributed by atoms with Gasteiger partial charge in [-0.05, 0) is 23.4 Å². The normalized spacial score (nSPS) is 11.7. The molecule has 0 fully saturated rings. The van der Waals surface area contributed by atoms with Gasteiger partial charge in [-0.3, -0.25) is 14.6 Å². The van der Waals surface area contributed by atoms with Gasteiger partial charge in [0.05, 0.1) is 12.7 Å². The van der Waals surface area contributed by atoms with Crippen LogP contribution in [0.1, 0.15) is 21.7 Å². The molecular weight excluding hydrogens is 343 g/mol. The Balaban J connectivity index is 1.63. The molecule has 132 valence electrons.